The quantitative estimate of drug-likeness (QED) is 0.695. The second-order valence-corrected chi connectivity index (χ2v) is 5.35. The minimum atomic E-state index is -0.0243. The Hall–Kier alpha value is -2.21. The molecule has 0 bridgehead atoms. The molecular formula is C14H16N4OS. The van der Waals surface area contributed by atoms with Gasteiger partial charge in [-0.1, -0.05) is 12.1 Å². The summed E-state index contributed by atoms with van der Waals surface area (Å²) in [7, 11) is 3.46. The van der Waals surface area contributed by atoms with Crippen molar-refractivity contribution in [3.05, 3.63) is 46.5 Å². The van der Waals surface area contributed by atoms with Crippen molar-refractivity contribution in [3.8, 4) is 0 Å². The molecule has 2 aromatic rings. The second-order valence-electron chi connectivity index (χ2n) is 4.49. The van der Waals surface area contributed by atoms with Crippen LogP contribution in [0, 0.1) is 6.92 Å². The third kappa shape index (κ3) is 3.64. The molecule has 20 heavy (non-hydrogen) atoms. The highest BCUT2D eigenvalue weighted by Gasteiger charge is 2.07. The Labute approximate surface area is 122 Å². The van der Waals surface area contributed by atoms with Gasteiger partial charge < -0.3 is 4.90 Å². The number of anilines is 1. The van der Waals surface area contributed by atoms with E-state index in [0.717, 1.165) is 16.4 Å². The van der Waals surface area contributed by atoms with Gasteiger partial charge in [0.25, 0.3) is 5.91 Å². The molecule has 0 spiro atoms. The van der Waals surface area contributed by atoms with E-state index in [4.69, 9.17) is 0 Å². The molecule has 0 aliphatic rings. The first-order valence-electron chi connectivity index (χ1n) is 6.09. The van der Waals surface area contributed by atoms with E-state index in [0.29, 0.717) is 5.56 Å². The number of thiazole rings is 1. The van der Waals surface area contributed by atoms with E-state index in [-0.39, 0.29) is 5.91 Å². The number of aryl methyl sites for hydroxylation is 1. The van der Waals surface area contributed by atoms with Crippen LogP contribution in [0.2, 0.25) is 0 Å². The molecule has 1 heterocycles. The van der Waals surface area contributed by atoms with Crippen molar-refractivity contribution in [3.63, 3.8) is 0 Å². The molecule has 0 radical (unpaired) electrons. The predicted molar refractivity (Wildman–Crippen MR) is 82.5 cm³/mol. The highest BCUT2D eigenvalue weighted by molar-refractivity contribution is 7.13. The van der Waals surface area contributed by atoms with Crippen LogP contribution in [0.3, 0.4) is 0 Å². The van der Waals surface area contributed by atoms with Gasteiger partial charge in [0.15, 0.2) is 0 Å². The Morgan fingerprint density at radius 2 is 2.25 bits per heavy atom. The first kappa shape index (κ1) is 14.2. The maximum Gasteiger partial charge on any atom is 0.253 e. The first-order valence-corrected chi connectivity index (χ1v) is 6.97. The van der Waals surface area contributed by atoms with Crippen LogP contribution in [0.4, 0.5) is 5.13 Å². The number of nitrogens with one attached hydrogen (secondary N) is 1. The van der Waals surface area contributed by atoms with Crippen molar-refractivity contribution in [1.82, 2.24) is 9.88 Å². The number of aromatic nitrogens is 1. The van der Waals surface area contributed by atoms with Crippen LogP contribution in [0.25, 0.3) is 0 Å². The summed E-state index contributed by atoms with van der Waals surface area (Å²) in [5.41, 5.74) is 5.33. The van der Waals surface area contributed by atoms with Gasteiger partial charge in [-0.2, -0.15) is 5.10 Å². The highest BCUT2D eigenvalue weighted by atomic mass is 32.1. The fourth-order valence-electron chi connectivity index (χ4n) is 1.58. The van der Waals surface area contributed by atoms with Crippen LogP contribution in [-0.4, -0.2) is 36.1 Å². The van der Waals surface area contributed by atoms with Crippen molar-refractivity contribution in [2.45, 2.75) is 6.92 Å². The molecule has 1 amide bonds. The monoisotopic (exact) mass is 288 g/mol. The maximum absolute atomic E-state index is 11.9. The molecule has 0 saturated carbocycles. The predicted octanol–water partition coefficient (Wildman–Crippen LogP) is 2.60. The summed E-state index contributed by atoms with van der Waals surface area (Å²) < 4.78 is 0. The second kappa shape index (κ2) is 6.29. The van der Waals surface area contributed by atoms with Crippen LogP contribution in [0.1, 0.15) is 21.6 Å². The lowest BCUT2D eigenvalue weighted by molar-refractivity contribution is 0.0827. The van der Waals surface area contributed by atoms with Gasteiger partial charge in [-0.3, -0.25) is 10.2 Å². The molecule has 0 unspecified atom stereocenters. The molecule has 1 aromatic heterocycles. The molecule has 5 nitrogen and oxygen atoms in total. The molecule has 0 fully saturated rings. The summed E-state index contributed by atoms with van der Waals surface area (Å²) in [6, 6.07) is 7.33. The number of rotatable bonds is 4. The Bertz CT molecular complexity index is 634. The van der Waals surface area contributed by atoms with E-state index in [1.807, 2.05) is 24.4 Å². The minimum absolute atomic E-state index is 0.0243. The van der Waals surface area contributed by atoms with Crippen LogP contribution in [-0.2, 0) is 0 Å². The molecule has 2 rings (SSSR count). The lowest BCUT2D eigenvalue weighted by Crippen LogP contribution is -2.21. The number of carbonyl (C=O) groups excluding carboxylic acids is 1. The van der Waals surface area contributed by atoms with Gasteiger partial charge in [0.1, 0.15) is 0 Å². The summed E-state index contributed by atoms with van der Waals surface area (Å²) >= 11 is 1.50. The topological polar surface area (TPSA) is 57.6 Å². The summed E-state index contributed by atoms with van der Waals surface area (Å²) in [5, 5.41) is 6.82. The fraction of sp³-hybridized carbons (Fsp3) is 0.214. The molecule has 1 N–H and O–H groups in total. The van der Waals surface area contributed by atoms with Gasteiger partial charge >= 0.3 is 0 Å². The third-order valence-electron chi connectivity index (χ3n) is 2.53. The van der Waals surface area contributed by atoms with Crippen molar-refractivity contribution in [2.24, 2.45) is 5.10 Å². The summed E-state index contributed by atoms with van der Waals surface area (Å²) in [6.07, 6.45) is 1.67. The summed E-state index contributed by atoms with van der Waals surface area (Å²) in [5.74, 6) is -0.0243. The van der Waals surface area contributed by atoms with Gasteiger partial charge in [-0.15, -0.1) is 11.3 Å². The van der Waals surface area contributed by atoms with E-state index in [1.54, 1.807) is 37.3 Å². The number of nitrogens with zero attached hydrogens (tertiary/aromatic N) is 3. The van der Waals surface area contributed by atoms with Crippen molar-refractivity contribution >= 4 is 28.6 Å². The first-order chi connectivity index (χ1) is 9.56. The van der Waals surface area contributed by atoms with Crippen LogP contribution < -0.4 is 5.43 Å². The average molecular weight is 288 g/mol. The smallest absolute Gasteiger partial charge is 0.253 e. The van der Waals surface area contributed by atoms with Crippen molar-refractivity contribution < 1.29 is 4.79 Å². The average Bonchev–Trinajstić information content (AvgIpc) is 2.84. The van der Waals surface area contributed by atoms with Crippen LogP contribution in [0.5, 0.6) is 0 Å². The fourth-order valence-corrected chi connectivity index (χ4v) is 2.21. The molecule has 0 atom stereocenters. The molecule has 104 valence electrons. The summed E-state index contributed by atoms with van der Waals surface area (Å²) in [4.78, 5) is 17.6. The van der Waals surface area contributed by atoms with Gasteiger partial charge in [0.05, 0.1) is 11.9 Å². The number of hydrogen-bond donors (Lipinski definition) is 1. The molecule has 6 heteroatoms. The van der Waals surface area contributed by atoms with Gasteiger partial charge in [-0.25, -0.2) is 4.98 Å². The molecule has 0 saturated heterocycles. The van der Waals surface area contributed by atoms with Crippen LogP contribution >= 0.6 is 11.3 Å². The molecular weight excluding hydrogens is 272 g/mol. The molecule has 1 aromatic carbocycles. The third-order valence-corrected chi connectivity index (χ3v) is 3.40. The van der Waals surface area contributed by atoms with Crippen molar-refractivity contribution in [2.75, 3.05) is 19.5 Å². The maximum atomic E-state index is 11.9. The number of hydrazone groups is 1. The van der Waals surface area contributed by atoms with E-state index in [1.165, 1.54) is 11.3 Å². The van der Waals surface area contributed by atoms with E-state index in [9.17, 15) is 4.79 Å². The van der Waals surface area contributed by atoms with Gasteiger partial charge in [0.2, 0.25) is 5.13 Å². The number of amides is 1. The lowest BCUT2D eigenvalue weighted by Gasteiger charge is -2.10. The zero-order chi connectivity index (χ0) is 14.5. The number of benzene rings is 1. The van der Waals surface area contributed by atoms with Crippen LogP contribution in [0.15, 0.2) is 34.7 Å². The SMILES string of the molecule is Cc1csc(NN=Cc2cccc(C(=O)N(C)C)c2)n1. The molecule has 0 aliphatic heterocycles. The van der Waals surface area contributed by atoms with Gasteiger partial charge in [-0.05, 0) is 24.6 Å². The Morgan fingerprint density at radius 3 is 2.90 bits per heavy atom. The zero-order valence-electron chi connectivity index (χ0n) is 11.6. The van der Waals surface area contributed by atoms with Crippen molar-refractivity contribution in [1.29, 1.82) is 0 Å². The number of carbonyl (C=O) groups is 1. The minimum Gasteiger partial charge on any atom is -0.345 e. The van der Waals surface area contributed by atoms with E-state index < -0.39 is 0 Å². The Balaban J connectivity index is 2.06. The Morgan fingerprint density at radius 1 is 1.45 bits per heavy atom. The van der Waals surface area contributed by atoms with E-state index in [2.05, 4.69) is 15.5 Å². The summed E-state index contributed by atoms with van der Waals surface area (Å²) in [6.45, 7) is 1.93. The Kier molecular flexibility index (Phi) is 4.47. The molecule has 0 aliphatic carbocycles. The highest BCUT2D eigenvalue weighted by Crippen LogP contribution is 2.14. The normalized spacial score (nSPS) is 10.8. The standard InChI is InChI=1S/C14H16N4OS/c1-10-9-20-14(16-10)17-15-8-11-5-4-6-12(7-11)13(19)18(2)3/h4-9H,1-3H3,(H,16,17). The van der Waals surface area contributed by atoms with E-state index >= 15 is 0 Å². The lowest BCUT2D eigenvalue weighted by atomic mass is 10.1. The zero-order valence-corrected chi connectivity index (χ0v) is 12.4. The largest absolute Gasteiger partial charge is 0.345 e. The number of hydrogen-bond acceptors (Lipinski definition) is 5. The van der Waals surface area contributed by atoms with Gasteiger partial charge in [0, 0.05) is 25.0 Å².